The fourth-order valence-electron chi connectivity index (χ4n) is 2.55. The molecule has 0 aliphatic carbocycles. The normalized spacial score (nSPS) is 11.7. The van der Waals surface area contributed by atoms with Crippen LogP contribution in [0.2, 0.25) is 0 Å². The molecule has 0 aliphatic rings. The summed E-state index contributed by atoms with van der Waals surface area (Å²) in [6.45, 7) is 3.15. The number of carbonyl (C=O) groups is 1. The number of hydrogen-bond donors (Lipinski definition) is 2. The number of benzene rings is 2. The molecule has 0 aliphatic heterocycles. The van der Waals surface area contributed by atoms with Crippen molar-refractivity contribution < 1.29 is 4.79 Å². The minimum absolute atomic E-state index is 0.00728. The first-order valence-corrected chi connectivity index (χ1v) is 8.22. The minimum Gasteiger partial charge on any atom is -0.383 e. The molecule has 6 heteroatoms. The van der Waals surface area contributed by atoms with Crippen molar-refractivity contribution in [1.29, 1.82) is 0 Å². The summed E-state index contributed by atoms with van der Waals surface area (Å²) in [5, 5.41) is 10.5. The summed E-state index contributed by atoms with van der Waals surface area (Å²) in [4.78, 5) is 16.6. The fourth-order valence-corrected chi connectivity index (χ4v) is 2.55. The number of aromatic nitrogens is 3. The van der Waals surface area contributed by atoms with Crippen molar-refractivity contribution in [1.82, 2.24) is 20.1 Å². The summed E-state index contributed by atoms with van der Waals surface area (Å²) in [7, 11) is 0. The third-order valence-electron chi connectivity index (χ3n) is 3.82. The van der Waals surface area contributed by atoms with Crippen molar-refractivity contribution in [3.8, 4) is 0 Å². The van der Waals surface area contributed by atoms with Gasteiger partial charge in [0.2, 0.25) is 0 Å². The Morgan fingerprint density at radius 1 is 1.12 bits per heavy atom. The lowest BCUT2D eigenvalue weighted by Crippen LogP contribution is -2.37. The minimum atomic E-state index is -0.0851. The Kier molecular flexibility index (Phi) is 5.41. The van der Waals surface area contributed by atoms with Crippen molar-refractivity contribution in [3.63, 3.8) is 0 Å². The lowest BCUT2D eigenvalue weighted by atomic mass is 10.1. The molecule has 2 aromatic carbocycles. The Hall–Kier alpha value is -3.15. The predicted molar refractivity (Wildman–Crippen MR) is 97.4 cm³/mol. The quantitative estimate of drug-likeness (QED) is 0.696. The Morgan fingerprint density at radius 3 is 2.64 bits per heavy atom. The van der Waals surface area contributed by atoms with Crippen LogP contribution < -0.4 is 10.6 Å². The Bertz CT molecular complexity index is 802. The Balaban J connectivity index is 1.61. The molecule has 0 bridgehead atoms. The van der Waals surface area contributed by atoms with Gasteiger partial charge in [-0.15, -0.1) is 0 Å². The maximum Gasteiger partial charge on any atom is 0.251 e. The molecule has 0 fully saturated rings. The van der Waals surface area contributed by atoms with E-state index in [-0.39, 0.29) is 11.9 Å². The molecule has 0 saturated heterocycles. The molecule has 0 saturated carbocycles. The molecule has 0 spiro atoms. The number of hydrogen-bond acceptors (Lipinski definition) is 4. The highest BCUT2D eigenvalue weighted by Crippen LogP contribution is 2.11. The third kappa shape index (κ3) is 4.67. The van der Waals surface area contributed by atoms with Crippen LogP contribution in [0.25, 0.3) is 0 Å². The van der Waals surface area contributed by atoms with Crippen LogP contribution in [0.15, 0.2) is 67.3 Å². The van der Waals surface area contributed by atoms with Gasteiger partial charge in [0.1, 0.15) is 12.7 Å². The fraction of sp³-hybridized carbons (Fsp3) is 0.211. The molecule has 1 atom stereocenters. The van der Waals surface area contributed by atoms with Crippen molar-refractivity contribution in [2.75, 3.05) is 11.9 Å². The largest absolute Gasteiger partial charge is 0.383 e. The van der Waals surface area contributed by atoms with Gasteiger partial charge in [0.05, 0.1) is 6.54 Å². The van der Waals surface area contributed by atoms with Gasteiger partial charge >= 0.3 is 0 Å². The van der Waals surface area contributed by atoms with E-state index in [4.69, 9.17) is 0 Å². The van der Waals surface area contributed by atoms with Crippen molar-refractivity contribution in [2.24, 2.45) is 0 Å². The van der Waals surface area contributed by atoms with E-state index in [0.717, 1.165) is 11.3 Å². The van der Waals surface area contributed by atoms with Crippen LogP contribution in [-0.2, 0) is 6.54 Å². The van der Waals surface area contributed by atoms with Gasteiger partial charge in [0.15, 0.2) is 0 Å². The van der Waals surface area contributed by atoms with Gasteiger partial charge in [-0.2, -0.15) is 5.10 Å². The summed E-state index contributed by atoms with van der Waals surface area (Å²) in [5.41, 5.74) is 2.61. The standard InChI is InChI=1S/C19H21N5O/c1-15(11-21-17-8-3-2-4-9-17)23-19(25)18-10-6-5-7-16(18)12-24-14-20-13-22-24/h2-10,13-15,21H,11-12H2,1H3,(H,23,25). The van der Waals surface area contributed by atoms with E-state index < -0.39 is 0 Å². The van der Waals surface area contributed by atoms with Crippen LogP contribution in [-0.4, -0.2) is 33.3 Å². The second-order valence-corrected chi connectivity index (χ2v) is 5.87. The zero-order valence-electron chi connectivity index (χ0n) is 14.1. The van der Waals surface area contributed by atoms with Crippen LogP contribution in [0.3, 0.4) is 0 Å². The molecule has 1 aromatic heterocycles. The monoisotopic (exact) mass is 335 g/mol. The van der Waals surface area contributed by atoms with E-state index in [9.17, 15) is 4.79 Å². The summed E-state index contributed by atoms with van der Waals surface area (Å²) in [6, 6.07) is 17.5. The zero-order valence-corrected chi connectivity index (χ0v) is 14.1. The lowest BCUT2D eigenvalue weighted by molar-refractivity contribution is 0.0941. The van der Waals surface area contributed by atoms with E-state index in [2.05, 4.69) is 20.7 Å². The molecule has 3 rings (SSSR count). The van der Waals surface area contributed by atoms with E-state index in [1.54, 1.807) is 11.0 Å². The van der Waals surface area contributed by atoms with E-state index in [1.807, 2.05) is 61.5 Å². The second kappa shape index (κ2) is 8.10. The van der Waals surface area contributed by atoms with Gasteiger partial charge in [0, 0.05) is 23.8 Å². The van der Waals surface area contributed by atoms with Crippen LogP contribution in [0.1, 0.15) is 22.8 Å². The lowest BCUT2D eigenvalue weighted by Gasteiger charge is -2.17. The van der Waals surface area contributed by atoms with Gasteiger partial charge < -0.3 is 10.6 Å². The molecule has 2 N–H and O–H groups in total. The molecule has 128 valence electrons. The van der Waals surface area contributed by atoms with Crippen LogP contribution in [0.4, 0.5) is 5.69 Å². The Labute approximate surface area is 146 Å². The summed E-state index contributed by atoms with van der Waals surface area (Å²) in [5.74, 6) is -0.0851. The first-order valence-electron chi connectivity index (χ1n) is 8.22. The van der Waals surface area contributed by atoms with Crippen LogP contribution >= 0.6 is 0 Å². The molecule has 1 amide bonds. The van der Waals surface area contributed by atoms with Gasteiger partial charge in [-0.3, -0.25) is 4.79 Å². The van der Waals surface area contributed by atoms with E-state index in [1.165, 1.54) is 6.33 Å². The number of amides is 1. The number of para-hydroxylation sites is 1. The molecular weight excluding hydrogens is 314 g/mol. The Morgan fingerprint density at radius 2 is 1.88 bits per heavy atom. The van der Waals surface area contributed by atoms with E-state index >= 15 is 0 Å². The molecule has 25 heavy (non-hydrogen) atoms. The van der Waals surface area contributed by atoms with Gasteiger partial charge in [-0.1, -0.05) is 36.4 Å². The average molecular weight is 335 g/mol. The zero-order chi connectivity index (χ0) is 17.5. The smallest absolute Gasteiger partial charge is 0.251 e. The highest BCUT2D eigenvalue weighted by atomic mass is 16.1. The SMILES string of the molecule is CC(CNc1ccccc1)NC(=O)c1ccccc1Cn1cncn1. The number of anilines is 1. The molecule has 6 nitrogen and oxygen atoms in total. The van der Waals surface area contributed by atoms with E-state index in [0.29, 0.717) is 18.7 Å². The third-order valence-corrected chi connectivity index (χ3v) is 3.82. The highest BCUT2D eigenvalue weighted by Gasteiger charge is 2.14. The highest BCUT2D eigenvalue weighted by molar-refractivity contribution is 5.95. The first-order chi connectivity index (χ1) is 12.2. The molecule has 1 heterocycles. The van der Waals surface area contributed by atoms with Gasteiger partial charge in [0.25, 0.3) is 5.91 Å². The maximum atomic E-state index is 12.6. The van der Waals surface area contributed by atoms with Crippen molar-refractivity contribution in [2.45, 2.75) is 19.5 Å². The summed E-state index contributed by atoms with van der Waals surface area (Å²) < 4.78 is 1.70. The summed E-state index contributed by atoms with van der Waals surface area (Å²) in [6.07, 6.45) is 3.13. The first kappa shape index (κ1) is 16.7. The van der Waals surface area contributed by atoms with Crippen molar-refractivity contribution >= 4 is 11.6 Å². The molecular formula is C19H21N5O. The maximum absolute atomic E-state index is 12.6. The number of carbonyl (C=O) groups excluding carboxylic acids is 1. The molecule has 1 unspecified atom stereocenters. The second-order valence-electron chi connectivity index (χ2n) is 5.87. The topological polar surface area (TPSA) is 71.8 Å². The predicted octanol–water partition coefficient (Wildman–Crippen LogP) is 2.56. The van der Waals surface area contributed by atoms with Crippen LogP contribution in [0, 0.1) is 0 Å². The van der Waals surface area contributed by atoms with Gasteiger partial charge in [-0.25, -0.2) is 9.67 Å². The molecule has 0 radical (unpaired) electrons. The number of nitrogens with one attached hydrogen (secondary N) is 2. The number of nitrogens with zero attached hydrogens (tertiary/aromatic N) is 3. The van der Waals surface area contributed by atoms with Crippen LogP contribution in [0.5, 0.6) is 0 Å². The van der Waals surface area contributed by atoms with Crippen molar-refractivity contribution in [3.05, 3.63) is 78.4 Å². The number of rotatable bonds is 7. The average Bonchev–Trinajstić information content (AvgIpc) is 3.14. The van der Waals surface area contributed by atoms with Gasteiger partial charge in [-0.05, 0) is 30.7 Å². The molecule has 3 aromatic rings. The summed E-state index contributed by atoms with van der Waals surface area (Å²) >= 11 is 0.